The Hall–Kier alpha value is -11.4. The molecule has 0 bridgehead atoms. The first-order valence-electron chi connectivity index (χ1n) is 39.8. The third-order valence-corrected chi connectivity index (χ3v) is 21.3. The molecule has 0 unspecified atom stereocenters. The van der Waals surface area contributed by atoms with Crippen molar-refractivity contribution >= 4 is 93.6 Å². The molecule has 28 heteroatoms. The second-order valence-electron chi connectivity index (χ2n) is 30.1. The van der Waals surface area contributed by atoms with E-state index >= 15 is 0 Å². The molecule has 2 fully saturated rings. The summed E-state index contributed by atoms with van der Waals surface area (Å²) in [7, 11) is 0. The van der Waals surface area contributed by atoms with Crippen LogP contribution in [0.4, 0.5) is 0 Å². The number of carbonyl (C=O) groups is 10. The van der Waals surface area contributed by atoms with E-state index in [-0.39, 0.29) is 169 Å². The highest BCUT2D eigenvalue weighted by Gasteiger charge is 2.41. The van der Waals surface area contributed by atoms with Gasteiger partial charge in [-0.05, 0) is 171 Å². The molecule has 7 heterocycles. The van der Waals surface area contributed by atoms with Crippen LogP contribution in [0.3, 0.4) is 0 Å². The minimum absolute atomic E-state index is 0.0197. The molecule has 5 aromatic carbocycles. The molecule has 121 heavy (non-hydrogen) atoms. The average Bonchev–Trinajstić information content (AvgIpc) is 1.62. The van der Waals surface area contributed by atoms with E-state index in [1.165, 1.54) is 30.4 Å². The maximum atomic E-state index is 12.7. The number of ketones is 5. The molecule has 7 aliphatic heterocycles. The summed E-state index contributed by atoms with van der Waals surface area (Å²) in [5.74, 6) is -7.74. The third-order valence-electron chi connectivity index (χ3n) is 20.0. The van der Waals surface area contributed by atoms with Gasteiger partial charge in [-0.2, -0.15) is 0 Å². The van der Waals surface area contributed by atoms with Crippen LogP contribution in [0, 0.1) is 20.8 Å². The molecule has 0 spiro atoms. The first-order valence-corrected chi connectivity index (χ1v) is 40.9. The number of phenolic OH excluding ortho intramolecular Hbond substituents is 8. The van der Waals surface area contributed by atoms with Gasteiger partial charge in [0.05, 0.1) is 38.9 Å². The van der Waals surface area contributed by atoms with Gasteiger partial charge < -0.3 is 74.0 Å². The molecule has 644 valence electrons. The molecule has 2 saturated heterocycles. The zero-order valence-corrected chi connectivity index (χ0v) is 70.7. The van der Waals surface area contributed by atoms with Gasteiger partial charge in [0.1, 0.15) is 105 Å². The number of carbonyl (C=O) groups excluding carboxylic acids is 10. The molecule has 12 rings (SSSR count). The summed E-state index contributed by atoms with van der Waals surface area (Å²) in [6.07, 6.45) is 38.3. The molecular formula is C93H101Cl3O25. The number of epoxide rings is 2. The summed E-state index contributed by atoms with van der Waals surface area (Å²) < 4.78 is 38.0. The Balaban J connectivity index is 0.000000188. The number of hydrogen-bond donors (Lipinski definition) is 8. The maximum Gasteiger partial charge on any atom is 0.342 e. The van der Waals surface area contributed by atoms with Crippen molar-refractivity contribution in [2.45, 2.75) is 226 Å². The number of aryl methyl sites for hydroxylation is 2. The zero-order chi connectivity index (χ0) is 88.5. The molecule has 8 N–H and O–H groups in total. The van der Waals surface area contributed by atoms with E-state index < -0.39 is 82.4 Å². The summed E-state index contributed by atoms with van der Waals surface area (Å²) in [6.45, 7) is 14.7. The predicted molar refractivity (Wildman–Crippen MR) is 452 cm³/mol. The lowest BCUT2D eigenvalue weighted by atomic mass is 9.90. The van der Waals surface area contributed by atoms with Gasteiger partial charge in [0.2, 0.25) is 0 Å². The van der Waals surface area contributed by atoms with Crippen LogP contribution in [-0.4, -0.2) is 155 Å². The van der Waals surface area contributed by atoms with Crippen LogP contribution in [0.2, 0.25) is 15.1 Å². The molecule has 9 atom stereocenters. The van der Waals surface area contributed by atoms with Crippen LogP contribution in [-0.2, 0) is 89.2 Å². The Bertz CT molecular complexity index is 4890. The van der Waals surface area contributed by atoms with Gasteiger partial charge >= 0.3 is 29.8 Å². The molecule has 0 amide bonds. The number of cyclic esters (lactones) is 5. The van der Waals surface area contributed by atoms with Gasteiger partial charge in [-0.1, -0.05) is 120 Å². The van der Waals surface area contributed by atoms with Gasteiger partial charge in [-0.25, -0.2) is 24.0 Å². The number of phenols is 8. The summed E-state index contributed by atoms with van der Waals surface area (Å²) in [5, 5.41) is 78.7. The molecule has 0 radical (unpaired) electrons. The largest absolute Gasteiger partial charge is 0.508 e. The predicted octanol–water partition coefficient (Wildman–Crippen LogP) is 16.9. The number of ether oxygens (including phenoxy) is 7. The van der Waals surface area contributed by atoms with Crippen molar-refractivity contribution in [3.63, 3.8) is 0 Å². The Morgan fingerprint density at radius 1 is 0.322 bits per heavy atom. The first kappa shape index (κ1) is 95.1. The molecule has 0 aromatic heterocycles. The Morgan fingerprint density at radius 2 is 0.678 bits per heavy atom. The van der Waals surface area contributed by atoms with Gasteiger partial charge in [0, 0.05) is 105 Å². The van der Waals surface area contributed by atoms with Crippen LogP contribution >= 0.6 is 34.8 Å². The number of hydrogen-bond acceptors (Lipinski definition) is 25. The highest BCUT2D eigenvalue weighted by Crippen LogP contribution is 2.42. The minimum atomic E-state index is -0.802. The molecule has 0 aliphatic carbocycles. The van der Waals surface area contributed by atoms with Crippen LogP contribution in [0.25, 0.3) is 0 Å². The van der Waals surface area contributed by atoms with Crippen LogP contribution in [0.5, 0.6) is 46.0 Å². The van der Waals surface area contributed by atoms with Crippen molar-refractivity contribution < 1.29 is 122 Å². The van der Waals surface area contributed by atoms with E-state index in [2.05, 4.69) is 6.08 Å². The number of benzene rings is 5. The topological polar surface area (TPSA) is 404 Å². The van der Waals surface area contributed by atoms with E-state index in [0.29, 0.717) is 50.5 Å². The lowest BCUT2D eigenvalue weighted by molar-refractivity contribution is -0.114. The van der Waals surface area contributed by atoms with E-state index in [1.54, 1.807) is 64.2 Å². The van der Waals surface area contributed by atoms with E-state index in [4.69, 9.17) is 68.0 Å². The molecule has 25 nitrogen and oxygen atoms in total. The van der Waals surface area contributed by atoms with Crippen LogP contribution in [0.15, 0.2) is 146 Å². The zero-order valence-electron chi connectivity index (χ0n) is 68.4. The average molecular weight is 1730 g/mol. The van der Waals surface area contributed by atoms with Crippen molar-refractivity contribution in [1.82, 2.24) is 0 Å². The van der Waals surface area contributed by atoms with Crippen LogP contribution < -0.4 is 0 Å². The normalized spacial score (nSPS) is 24.9. The van der Waals surface area contributed by atoms with Crippen LogP contribution in [0.1, 0.15) is 214 Å². The second kappa shape index (κ2) is 45.3. The number of allylic oxidation sites excluding steroid dienone is 14. The lowest BCUT2D eigenvalue weighted by Crippen LogP contribution is -2.20. The number of esters is 5. The molecular weight excluding hydrogens is 1620 g/mol. The fourth-order valence-corrected chi connectivity index (χ4v) is 14.3. The van der Waals surface area contributed by atoms with Crippen molar-refractivity contribution in [3.8, 4) is 46.0 Å². The fraction of sp³-hybridized carbons (Fsp3) is 0.376. The highest BCUT2D eigenvalue weighted by atomic mass is 35.5. The van der Waals surface area contributed by atoms with E-state index in [0.717, 1.165) is 85.0 Å². The van der Waals surface area contributed by atoms with E-state index in [1.807, 2.05) is 76.3 Å². The monoisotopic (exact) mass is 1720 g/mol. The second-order valence-corrected chi connectivity index (χ2v) is 31.3. The fourth-order valence-electron chi connectivity index (χ4n) is 13.6. The van der Waals surface area contributed by atoms with Crippen molar-refractivity contribution in [2.75, 3.05) is 0 Å². The SMILES string of the molecule is C[C@@H]1C/C=C/CC/C=C/C(=O)Cc2c(Cl)c(O)cc(O)c2C(=O)O1.C[C@@H]1C/C=C/CC/C=C/C(=O)Cc2cc(O)cc(O)c2C(=O)O1.C[C@@H]1C[C@H]2O[C@@H]2/C=C\C=C\C(=O)Cc2c(Cl)c(O)cc(O)c2C(=O)O1.C[C@@H]1C[C@H]2O[C@@H]2CC/C=C/C(=O)Cc2c(Cl)c(O)cc(O)c2C(=O)O1.Cc1cc(C)c2c(c1C)CC(=O)/C=C/CC/C=C/C[C@@H](C)OC2=O. The van der Waals surface area contributed by atoms with Gasteiger partial charge in [-0.15, -0.1) is 0 Å². The molecule has 0 saturated carbocycles. The minimum Gasteiger partial charge on any atom is -0.508 e. The Labute approximate surface area is 716 Å². The van der Waals surface area contributed by atoms with Crippen molar-refractivity contribution in [3.05, 3.63) is 233 Å². The first-order chi connectivity index (χ1) is 57.5. The van der Waals surface area contributed by atoms with Crippen molar-refractivity contribution in [1.29, 1.82) is 0 Å². The summed E-state index contributed by atoms with van der Waals surface area (Å²) in [5.41, 5.74) is 4.04. The van der Waals surface area contributed by atoms with Gasteiger partial charge in [0.25, 0.3) is 0 Å². The quantitative estimate of drug-likeness (QED) is 0.0309. The number of halogens is 3. The number of aromatic hydroxyl groups is 8. The number of fused-ring (bicyclic) bond motifs is 7. The third kappa shape index (κ3) is 28.4. The Kier molecular flexibility index (Phi) is 35.6. The maximum absolute atomic E-state index is 12.7. The standard InChI is InChI=1S/C21H26O3.C18H19ClO6.C18H17ClO6.C18H19ClO5.C18H20O5/c1-14-12-15(2)20-19(17(14)4)13-18(22)11-9-7-5-6-8-10-16(3)24-21(20)23;2*1-9-6-15-14(25-15)5-3-2-4-10(20)7-11-16(18(23)24-9)12(21)8-13(22)17(11)19;1-11-7-5-3-2-4-6-8-12(20)9-13-16(18(23)24-11)14(21)10-15(22)17(13)19;1-12-7-5-3-2-4-6-8-14(19)9-13-10-15(20)11-16(21)17(13)18(22)23-12/h6,8-9,11-12,16H,5,7,10,13H2,1-4H3;2,4,8-9,14-15,21-22H,3,5-7H2,1H3;2-5,8-9,14-15,21-22H,6-7H2,1H3;3,5-6,8,10-11,21-22H,2,4,7,9H2,1H3;3,5-6,8,10-12,20-21H,2,4,7,9H2,1H3/b8-6+,11-9+;4-2+;4-2+,5-3-;2*5-3+,8-6+/t16-;2*9-,14-,15-;11-;12-/m11111/s1. The molecule has 5 aromatic rings. The highest BCUT2D eigenvalue weighted by molar-refractivity contribution is 6.35. The summed E-state index contributed by atoms with van der Waals surface area (Å²) in [6, 6.07) is 7.25. The number of rotatable bonds is 0. The Morgan fingerprint density at radius 3 is 1.12 bits per heavy atom. The smallest absolute Gasteiger partial charge is 0.342 e. The van der Waals surface area contributed by atoms with Crippen molar-refractivity contribution in [2.24, 2.45) is 0 Å². The molecule has 7 aliphatic rings. The van der Waals surface area contributed by atoms with Gasteiger partial charge in [-0.3, -0.25) is 24.0 Å². The lowest BCUT2D eigenvalue weighted by Gasteiger charge is -2.18. The summed E-state index contributed by atoms with van der Waals surface area (Å²) in [4.78, 5) is 123. The van der Waals surface area contributed by atoms with Gasteiger partial charge in [0.15, 0.2) is 28.9 Å². The summed E-state index contributed by atoms with van der Waals surface area (Å²) >= 11 is 18.2. The van der Waals surface area contributed by atoms with E-state index in [9.17, 15) is 88.8 Å².